The van der Waals surface area contributed by atoms with E-state index in [-0.39, 0.29) is 0 Å². The summed E-state index contributed by atoms with van der Waals surface area (Å²) < 4.78 is 5.10. The molecule has 0 radical (unpaired) electrons. The van der Waals surface area contributed by atoms with Crippen LogP contribution in [-0.2, 0) is 0 Å². The largest absolute Gasteiger partial charge is 0.497 e. The van der Waals surface area contributed by atoms with Crippen molar-refractivity contribution in [1.82, 2.24) is 0 Å². The highest BCUT2D eigenvalue weighted by atomic mass is 16.5. The third-order valence-electron chi connectivity index (χ3n) is 2.87. The van der Waals surface area contributed by atoms with Gasteiger partial charge < -0.3 is 9.94 Å². The Balaban J connectivity index is 2.23. The minimum atomic E-state index is 0.568. The Morgan fingerprint density at radius 3 is 2.40 bits per heavy atom. The Bertz CT molecular complexity index is 676. The van der Waals surface area contributed by atoms with Crippen molar-refractivity contribution in [3.8, 4) is 17.6 Å². The Labute approximate surface area is 118 Å². The molecule has 0 aliphatic rings. The van der Waals surface area contributed by atoms with Gasteiger partial charge in [0.15, 0.2) is 0 Å². The van der Waals surface area contributed by atoms with Gasteiger partial charge in [-0.25, -0.2) is 0 Å². The van der Waals surface area contributed by atoms with E-state index in [0.29, 0.717) is 5.71 Å². The maximum Gasteiger partial charge on any atom is 0.118 e. The number of methoxy groups -OCH3 is 1. The molecule has 0 aliphatic carbocycles. The van der Waals surface area contributed by atoms with E-state index in [1.807, 2.05) is 48.5 Å². The maximum absolute atomic E-state index is 8.78. The summed E-state index contributed by atoms with van der Waals surface area (Å²) in [5, 5.41) is 12.0. The fourth-order valence-corrected chi connectivity index (χ4v) is 1.70. The number of hydrogen-bond donors (Lipinski definition) is 1. The van der Waals surface area contributed by atoms with Gasteiger partial charge in [0.2, 0.25) is 0 Å². The number of oxime groups is 1. The SMILES string of the molecule is COc1ccc(C#Cc2cccc(C(C)=NO)c2)cc1. The molecule has 0 saturated carbocycles. The summed E-state index contributed by atoms with van der Waals surface area (Å²) in [6, 6.07) is 15.2. The Morgan fingerprint density at radius 1 is 1.05 bits per heavy atom. The van der Waals surface area contributed by atoms with Crippen LogP contribution >= 0.6 is 0 Å². The topological polar surface area (TPSA) is 41.8 Å². The van der Waals surface area contributed by atoms with Crippen molar-refractivity contribution < 1.29 is 9.94 Å². The van der Waals surface area contributed by atoms with Crippen LogP contribution in [0.25, 0.3) is 0 Å². The standard InChI is InChI=1S/C17H15NO2/c1-13(18-19)16-5-3-4-15(12-16)7-6-14-8-10-17(20-2)11-9-14/h3-5,8-12,19H,1-2H3. The van der Waals surface area contributed by atoms with Crippen LogP contribution in [0.15, 0.2) is 53.7 Å². The second-order valence-electron chi connectivity index (χ2n) is 4.24. The molecule has 0 spiro atoms. The van der Waals surface area contributed by atoms with Crippen LogP contribution in [0.4, 0.5) is 0 Å². The smallest absolute Gasteiger partial charge is 0.118 e. The quantitative estimate of drug-likeness (QED) is 0.392. The molecular weight excluding hydrogens is 250 g/mol. The second-order valence-corrected chi connectivity index (χ2v) is 4.24. The molecule has 1 N–H and O–H groups in total. The number of nitrogens with zero attached hydrogens (tertiary/aromatic N) is 1. The molecule has 2 aromatic carbocycles. The zero-order valence-electron chi connectivity index (χ0n) is 11.4. The first-order valence-electron chi connectivity index (χ1n) is 6.18. The lowest BCUT2D eigenvalue weighted by Crippen LogP contribution is -1.94. The number of hydrogen-bond acceptors (Lipinski definition) is 3. The van der Waals surface area contributed by atoms with Gasteiger partial charge in [0.05, 0.1) is 12.8 Å². The van der Waals surface area contributed by atoms with Crippen molar-refractivity contribution in [2.75, 3.05) is 7.11 Å². The zero-order chi connectivity index (χ0) is 14.4. The lowest BCUT2D eigenvalue weighted by Gasteiger charge is -1.99. The predicted molar refractivity (Wildman–Crippen MR) is 79.4 cm³/mol. The second kappa shape index (κ2) is 6.44. The molecule has 2 rings (SSSR count). The molecule has 0 bridgehead atoms. The van der Waals surface area contributed by atoms with Crippen LogP contribution in [-0.4, -0.2) is 18.0 Å². The van der Waals surface area contributed by atoms with Gasteiger partial charge in [0.25, 0.3) is 0 Å². The van der Waals surface area contributed by atoms with Gasteiger partial charge in [-0.15, -0.1) is 0 Å². The highest BCUT2D eigenvalue weighted by Gasteiger charge is 1.97. The van der Waals surface area contributed by atoms with Gasteiger partial charge in [-0.2, -0.15) is 0 Å². The molecule has 0 heterocycles. The van der Waals surface area contributed by atoms with Gasteiger partial charge in [0.1, 0.15) is 5.75 Å². The molecule has 3 heteroatoms. The van der Waals surface area contributed by atoms with Crippen molar-refractivity contribution in [2.45, 2.75) is 6.92 Å². The molecule has 3 nitrogen and oxygen atoms in total. The number of rotatable bonds is 2. The van der Waals surface area contributed by atoms with Gasteiger partial charge in [-0.3, -0.25) is 0 Å². The van der Waals surface area contributed by atoms with Crippen molar-refractivity contribution in [1.29, 1.82) is 0 Å². The van der Waals surface area contributed by atoms with Crippen molar-refractivity contribution in [3.63, 3.8) is 0 Å². The molecule has 0 aliphatic heterocycles. The van der Waals surface area contributed by atoms with Gasteiger partial charge in [-0.05, 0) is 43.3 Å². The van der Waals surface area contributed by atoms with Crippen LogP contribution in [0.3, 0.4) is 0 Å². The summed E-state index contributed by atoms with van der Waals surface area (Å²) in [7, 11) is 1.64. The molecule has 2 aromatic rings. The highest BCUT2D eigenvalue weighted by molar-refractivity contribution is 5.98. The predicted octanol–water partition coefficient (Wildman–Crippen LogP) is 3.29. The van der Waals surface area contributed by atoms with Crippen LogP contribution in [0.2, 0.25) is 0 Å². The molecular formula is C17H15NO2. The molecule has 0 fully saturated rings. The molecule has 0 atom stereocenters. The summed E-state index contributed by atoms with van der Waals surface area (Å²) in [5.74, 6) is 6.99. The van der Waals surface area contributed by atoms with E-state index in [4.69, 9.17) is 9.94 Å². The van der Waals surface area contributed by atoms with E-state index >= 15 is 0 Å². The van der Waals surface area contributed by atoms with Gasteiger partial charge in [0, 0.05) is 16.7 Å². The summed E-state index contributed by atoms with van der Waals surface area (Å²) in [4.78, 5) is 0. The molecule has 0 unspecified atom stereocenters. The Morgan fingerprint density at radius 2 is 1.75 bits per heavy atom. The first-order chi connectivity index (χ1) is 9.72. The highest BCUT2D eigenvalue weighted by Crippen LogP contribution is 2.11. The molecule has 0 aromatic heterocycles. The van der Waals surface area contributed by atoms with Crippen LogP contribution < -0.4 is 4.74 Å². The zero-order valence-corrected chi connectivity index (χ0v) is 11.4. The van der Waals surface area contributed by atoms with E-state index in [1.54, 1.807) is 14.0 Å². The van der Waals surface area contributed by atoms with Crippen LogP contribution in [0.5, 0.6) is 5.75 Å². The van der Waals surface area contributed by atoms with E-state index in [2.05, 4.69) is 17.0 Å². The lowest BCUT2D eigenvalue weighted by molar-refractivity contribution is 0.319. The molecule has 20 heavy (non-hydrogen) atoms. The van der Waals surface area contributed by atoms with Crippen molar-refractivity contribution in [3.05, 3.63) is 65.2 Å². The molecule has 0 amide bonds. The van der Waals surface area contributed by atoms with E-state index in [9.17, 15) is 0 Å². The van der Waals surface area contributed by atoms with Crippen LogP contribution in [0.1, 0.15) is 23.6 Å². The first kappa shape index (κ1) is 13.7. The summed E-state index contributed by atoms with van der Waals surface area (Å²) in [6.07, 6.45) is 0. The van der Waals surface area contributed by atoms with E-state index in [0.717, 1.165) is 22.4 Å². The number of benzene rings is 2. The Kier molecular flexibility index (Phi) is 4.41. The van der Waals surface area contributed by atoms with E-state index < -0.39 is 0 Å². The molecule has 0 saturated heterocycles. The third kappa shape index (κ3) is 3.39. The van der Waals surface area contributed by atoms with Crippen LogP contribution in [0, 0.1) is 11.8 Å². The number of ether oxygens (including phenoxy) is 1. The lowest BCUT2D eigenvalue weighted by atomic mass is 10.1. The fourth-order valence-electron chi connectivity index (χ4n) is 1.70. The monoisotopic (exact) mass is 265 g/mol. The van der Waals surface area contributed by atoms with E-state index in [1.165, 1.54) is 0 Å². The molecule has 100 valence electrons. The maximum atomic E-state index is 8.78. The van der Waals surface area contributed by atoms with Gasteiger partial charge >= 0.3 is 0 Å². The minimum absolute atomic E-state index is 0.568. The summed E-state index contributed by atoms with van der Waals surface area (Å²) >= 11 is 0. The van der Waals surface area contributed by atoms with Crippen molar-refractivity contribution in [2.24, 2.45) is 5.16 Å². The average Bonchev–Trinajstić information content (AvgIpc) is 2.53. The van der Waals surface area contributed by atoms with Gasteiger partial charge in [-0.1, -0.05) is 29.1 Å². The third-order valence-corrected chi connectivity index (χ3v) is 2.87. The first-order valence-corrected chi connectivity index (χ1v) is 6.18. The minimum Gasteiger partial charge on any atom is -0.497 e. The fraction of sp³-hybridized carbons (Fsp3) is 0.118. The van der Waals surface area contributed by atoms with Crippen molar-refractivity contribution >= 4 is 5.71 Å². The summed E-state index contributed by atoms with van der Waals surface area (Å²) in [5.41, 5.74) is 3.22. The summed E-state index contributed by atoms with van der Waals surface area (Å²) in [6.45, 7) is 1.75. The Hall–Kier alpha value is -2.73. The normalized spacial score (nSPS) is 10.6. The average molecular weight is 265 g/mol.